The molecule has 2 aliphatic rings. The van der Waals surface area contributed by atoms with Crippen LogP contribution in [0.2, 0.25) is 0 Å². The number of nitrogens with zero attached hydrogens (tertiary/aromatic N) is 2. The molecule has 4 rings (SSSR count). The van der Waals surface area contributed by atoms with Crippen molar-refractivity contribution in [2.45, 2.75) is 117 Å². The Labute approximate surface area is 294 Å². The summed E-state index contributed by atoms with van der Waals surface area (Å²) in [5.74, 6) is -3.76. The number of amides is 2. The van der Waals surface area contributed by atoms with Crippen molar-refractivity contribution in [1.82, 2.24) is 14.8 Å². The van der Waals surface area contributed by atoms with Gasteiger partial charge in [0.05, 0.1) is 19.3 Å². The van der Waals surface area contributed by atoms with Crippen molar-refractivity contribution in [3.05, 3.63) is 63.1 Å². The first-order valence-corrected chi connectivity index (χ1v) is 17.6. The van der Waals surface area contributed by atoms with Gasteiger partial charge in [-0.15, -0.1) is 0 Å². The van der Waals surface area contributed by atoms with Crippen molar-refractivity contribution in [3.63, 3.8) is 0 Å². The first-order chi connectivity index (χ1) is 23.8. The molecule has 2 aliphatic heterocycles. The summed E-state index contributed by atoms with van der Waals surface area (Å²) >= 11 is 0. The summed E-state index contributed by atoms with van der Waals surface area (Å²) in [6, 6.07) is 2.66. The van der Waals surface area contributed by atoms with E-state index >= 15 is 0 Å². The minimum Gasteiger partial charge on any atom is -0.484 e. The number of carbonyl (C=O) groups is 3. The molecule has 2 aromatic rings. The second-order valence-corrected chi connectivity index (χ2v) is 13.3. The topological polar surface area (TPSA) is 140 Å². The van der Waals surface area contributed by atoms with E-state index in [2.05, 4.69) is 12.2 Å². The number of unbranched alkanes of at least 4 members (excludes halogenated alkanes) is 5. The van der Waals surface area contributed by atoms with Crippen LogP contribution in [0.1, 0.15) is 127 Å². The van der Waals surface area contributed by atoms with Gasteiger partial charge in [0.2, 0.25) is 11.2 Å². The zero-order valence-corrected chi connectivity index (χ0v) is 30.4. The lowest BCUT2D eigenvalue weighted by Gasteiger charge is -2.52. The van der Waals surface area contributed by atoms with Gasteiger partial charge in [0.25, 0.3) is 11.8 Å². The molecule has 0 spiro atoms. The van der Waals surface area contributed by atoms with Gasteiger partial charge in [0, 0.05) is 50.2 Å². The smallest absolute Gasteiger partial charge is 0.484 e. The van der Waals surface area contributed by atoms with E-state index in [9.17, 15) is 28.0 Å². The van der Waals surface area contributed by atoms with E-state index in [0.717, 1.165) is 38.2 Å². The zero-order chi connectivity index (χ0) is 37.2. The fraction of sp³-hybridized carbons (Fsp3) is 0.595. The van der Waals surface area contributed by atoms with Crippen molar-refractivity contribution >= 4 is 23.9 Å². The van der Waals surface area contributed by atoms with Crippen LogP contribution in [0.4, 0.5) is 13.6 Å². The molecule has 0 radical (unpaired) electrons. The highest BCUT2D eigenvalue weighted by molar-refractivity contribution is 6.00. The lowest BCUT2D eigenvalue weighted by atomic mass is 9.66. The molecule has 2 amide bonds. The van der Waals surface area contributed by atoms with Crippen molar-refractivity contribution in [2.75, 3.05) is 20.3 Å². The van der Waals surface area contributed by atoms with Gasteiger partial charge in [0.1, 0.15) is 17.2 Å². The maximum atomic E-state index is 14.3. The van der Waals surface area contributed by atoms with E-state index < -0.39 is 57.3 Å². The predicted octanol–water partition coefficient (Wildman–Crippen LogP) is 7.58. The number of halogens is 2. The highest BCUT2D eigenvalue weighted by atomic mass is 19.1. The molecule has 1 aromatic carbocycles. The quantitative estimate of drug-likeness (QED) is 0.0948. The Kier molecular flexibility index (Phi) is 14.1. The van der Waals surface area contributed by atoms with Crippen molar-refractivity contribution < 1.29 is 38.8 Å². The van der Waals surface area contributed by atoms with Crippen molar-refractivity contribution in [1.29, 1.82) is 5.41 Å². The van der Waals surface area contributed by atoms with Gasteiger partial charge in [-0.1, -0.05) is 65.9 Å². The van der Waals surface area contributed by atoms with Gasteiger partial charge in [-0.25, -0.2) is 13.6 Å². The number of benzene rings is 1. The van der Waals surface area contributed by atoms with Crippen LogP contribution in [0.5, 0.6) is 5.75 Å². The fourth-order valence-electron chi connectivity index (χ4n) is 6.64. The second kappa shape index (κ2) is 17.6. The number of hydrogen-bond acceptors (Lipinski definition) is 8. The normalized spacial score (nSPS) is 20.9. The lowest BCUT2D eigenvalue weighted by molar-refractivity contribution is 0.0205. The number of carbonyl (C=O) groups excluding carboxylic acids is 3. The lowest BCUT2D eigenvalue weighted by Crippen LogP contribution is -2.60. The molecule has 0 aliphatic carbocycles. The number of methoxy groups -OCH3 is 1. The van der Waals surface area contributed by atoms with Gasteiger partial charge in [-0.2, -0.15) is 0 Å². The molecule has 3 atom stereocenters. The molecular formula is C37H54F2N4O7. The molecule has 0 saturated carbocycles. The van der Waals surface area contributed by atoms with E-state index in [1.54, 1.807) is 4.90 Å². The number of pyridine rings is 1. The Morgan fingerprint density at radius 1 is 1.10 bits per heavy atom. The number of rotatable bonds is 13. The predicted molar refractivity (Wildman–Crippen MR) is 188 cm³/mol. The van der Waals surface area contributed by atoms with E-state index in [4.69, 9.17) is 19.6 Å². The first-order valence-electron chi connectivity index (χ1n) is 17.6. The minimum atomic E-state index is -1.19. The van der Waals surface area contributed by atoms with E-state index in [1.807, 2.05) is 34.6 Å². The second-order valence-electron chi connectivity index (χ2n) is 13.3. The van der Waals surface area contributed by atoms with Crippen LogP contribution < -0.4 is 15.5 Å². The van der Waals surface area contributed by atoms with Crippen LogP contribution in [0.15, 0.2) is 29.2 Å². The van der Waals surface area contributed by atoms with Crippen molar-refractivity contribution in [2.24, 2.45) is 5.41 Å². The zero-order valence-electron chi connectivity index (χ0n) is 30.4. The van der Waals surface area contributed by atoms with Crippen molar-refractivity contribution in [3.8, 4) is 5.75 Å². The molecule has 1 aromatic heterocycles. The third kappa shape index (κ3) is 8.70. The number of hydrogen-bond donors (Lipinski definition) is 2. The molecule has 3 heterocycles. The Bertz CT molecular complexity index is 1620. The Balaban J connectivity index is 0.00000295. The molecule has 50 heavy (non-hydrogen) atoms. The third-order valence-electron chi connectivity index (χ3n) is 9.98. The van der Waals surface area contributed by atoms with Crippen LogP contribution in [0, 0.1) is 22.5 Å². The molecule has 1 saturated heterocycles. The van der Waals surface area contributed by atoms with Crippen LogP contribution in [-0.4, -0.2) is 59.6 Å². The van der Waals surface area contributed by atoms with Gasteiger partial charge in [-0.05, 0) is 39.2 Å². The average molecular weight is 705 g/mol. The number of fused-ring (bicyclic) bond motifs is 4. The highest BCUT2D eigenvalue weighted by Crippen LogP contribution is 2.51. The summed E-state index contributed by atoms with van der Waals surface area (Å²) in [6.45, 7) is 11.7. The summed E-state index contributed by atoms with van der Waals surface area (Å²) in [7, 11) is 1.41. The standard InChI is InChI=1S/C35H46F2N4O7.C2H6.H2/c1-6-7-8-9-10-11-16-47-33(45)48-30-28-32(44)40-21-35(4,34(3,15-14-22(40)2)18-27(38)46-5)41(28)20-25(29(30)42)31(43)39-19-23-12-13-24(36)17-26(23)37;1-2;/h12-13,17,20,22,38H,6-11,14-16,18-19,21H2,1-5H3,(H,39,43);1-2H3;1H/t22-,34+,35+;;/m0../s1. The maximum absolute atomic E-state index is 14.3. The SMILES string of the molecule is CC.CCCCCCCCOC(=O)Oc1c2n(cc(C(=O)NCc3ccc(F)cc3F)c1=O)[C@]1(C)CN(C2=O)[C@@H](C)CC[C@]1(C)CC(=N)OC.[HH]. The molecule has 0 unspecified atom stereocenters. The summed E-state index contributed by atoms with van der Waals surface area (Å²) in [5.41, 5.74) is -3.45. The van der Waals surface area contributed by atoms with E-state index in [-0.39, 0.29) is 50.7 Å². The van der Waals surface area contributed by atoms with E-state index in [0.29, 0.717) is 25.3 Å². The van der Waals surface area contributed by atoms with Crippen LogP contribution >= 0.6 is 0 Å². The molecule has 2 N–H and O–H groups in total. The molecular weight excluding hydrogens is 650 g/mol. The number of aromatic nitrogens is 1. The van der Waals surface area contributed by atoms with Crippen LogP contribution in [0.25, 0.3) is 0 Å². The third-order valence-corrected chi connectivity index (χ3v) is 9.98. The number of ether oxygens (including phenoxy) is 3. The van der Waals surface area contributed by atoms with E-state index in [1.165, 1.54) is 23.9 Å². The maximum Gasteiger partial charge on any atom is 0.514 e. The minimum absolute atomic E-state index is 0. The average Bonchev–Trinajstić information content (AvgIpc) is 3.17. The fourth-order valence-corrected chi connectivity index (χ4v) is 6.64. The largest absolute Gasteiger partial charge is 0.514 e. The van der Waals surface area contributed by atoms with Gasteiger partial charge >= 0.3 is 6.16 Å². The monoisotopic (exact) mass is 704 g/mol. The highest BCUT2D eigenvalue weighted by Gasteiger charge is 2.55. The molecule has 11 nitrogen and oxygen atoms in total. The molecule has 2 bridgehead atoms. The Morgan fingerprint density at radius 3 is 2.44 bits per heavy atom. The molecule has 1 fully saturated rings. The first kappa shape index (κ1) is 40.1. The summed E-state index contributed by atoms with van der Waals surface area (Å²) in [5, 5.41) is 10.9. The van der Waals surface area contributed by atoms with Gasteiger partial charge in [-0.3, -0.25) is 19.8 Å². The summed E-state index contributed by atoms with van der Waals surface area (Å²) in [6.07, 6.45) is 7.12. The number of nitrogens with one attached hydrogen (secondary N) is 2. The Hall–Kier alpha value is -4.29. The van der Waals surface area contributed by atoms with Gasteiger partial charge in [0.15, 0.2) is 11.6 Å². The molecule has 278 valence electrons. The van der Waals surface area contributed by atoms with Gasteiger partial charge < -0.3 is 29.0 Å². The summed E-state index contributed by atoms with van der Waals surface area (Å²) in [4.78, 5) is 56.3. The van der Waals surface area contributed by atoms with Crippen LogP contribution in [0.3, 0.4) is 0 Å². The van der Waals surface area contributed by atoms with Crippen LogP contribution in [-0.2, 0) is 21.6 Å². The summed E-state index contributed by atoms with van der Waals surface area (Å²) < 4.78 is 45.3. The Morgan fingerprint density at radius 2 is 1.78 bits per heavy atom. The molecule has 13 heteroatoms.